The van der Waals surface area contributed by atoms with Crippen molar-refractivity contribution in [2.75, 3.05) is 0 Å². The first kappa shape index (κ1) is 17.4. The Hall–Kier alpha value is -0.573. The van der Waals surface area contributed by atoms with Gasteiger partial charge in [0.2, 0.25) is 0 Å². The van der Waals surface area contributed by atoms with E-state index in [9.17, 15) is 4.79 Å². The fraction of sp³-hybridized carbons (Fsp3) is 0.800. The zero-order chi connectivity index (χ0) is 13.9. The van der Waals surface area contributed by atoms with Gasteiger partial charge >= 0.3 is 5.97 Å². The molecule has 0 unspecified atom stereocenters. The molecule has 0 radical (unpaired) electrons. The van der Waals surface area contributed by atoms with Crippen LogP contribution in [0.1, 0.15) is 59.3 Å². The molecule has 0 aromatic rings. The highest BCUT2D eigenvalue weighted by atomic mass is 28.4. The molecule has 0 aliphatic carbocycles. The number of carbonyl (C=O) groups excluding carboxylic acids is 1. The van der Waals surface area contributed by atoms with Gasteiger partial charge in [-0.3, -0.25) is 0 Å². The van der Waals surface area contributed by atoms with E-state index in [1.165, 1.54) is 44.6 Å². The zero-order valence-corrected chi connectivity index (χ0v) is 13.5. The molecule has 0 N–H and O–H groups in total. The number of unbranched alkanes of at least 4 members (excludes halogenated alkanes) is 3. The van der Waals surface area contributed by atoms with Gasteiger partial charge in [0.05, 0.1) is 0 Å². The van der Waals surface area contributed by atoms with Crippen LogP contribution in [0.2, 0.25) is 18.1 Å². The van der Waals surface area contributed by atoms with Crippen molar-refractivity contribution in [2.24, 2.45) is 0 Å². The van der Waals surface area contributed by atoms with Crippen molar-refractivity contribution in [1.82, 2.24) is 0 Å². The van der Waals surface area contributed by atoms with Crippen molar-refractivity contribution < 1.29 is 9.22 Å². The minimum Gasteiger partial charge on any atom is -0.516 e. The van der Waals surface area contributed by atoms with Crippen LogP contribution in [0.3, 0.4) is 0 Å². The lowest BCUT2D eigenvalue weighted by Crippen LogP contribution is -2.40. The van der Waals surface area contributed by atoms with Crippen LogP contribution in [0, 0.1) is 0 Å². The fourth-order valence-electron chi connectivity index (χ4n) is 2.28. The average Bonchev–Trinajstić information content (AvgIpc) is 2.40. The molecule has 3 heteroatoms. The van der Waals surface area contributed by atoms with Gasteiger partial charge in [-0.05, 0) is 18.1 Å². The van der Waals surface area contributed by atoms with Crippen LogP contribution in [0.15, 0.2) is 12.7 Å². The second-order valence-corrected chi connectivity index (χ2v) is 9.19. The standard InChI is InChI=1S/C15H30O2Si/c1-5-9-12-18(13-10-6-2,14-11-7-3)17-15(16)8-4/h8H,4-7,9-14H2,1-3H3. The minimum atomic E-state index is -1.86. The van der Waals surface area contributed by atoms with Crippen molar-refractivity contribution >= 4 is 14.3 Å². The molecule has 0 aromatic heterocycles. The van der Waals surface area contributed by atoms with E-state index in [2.05, 4.69) is 27.4 Å². The summed E-state index contributed by atoms with van der Waals surface area (Å²) >= 11 is 0. The lowest BCUT2D eigenvalue weighted by molar-refractivity contribution is -0.129. The number of hydrogen-bond donors (Lipinski definition) is 0. The zero-order valence-electron chi connectivity index (χ0n) is 12.5. The molecule has 0 heterocycles. The van der Waals surface area contributed by atoms with E-state index >= 15 is 0 Å². The maximum Gasteiger partial charge on any atom is 0.316 e. The first-order valence-corrected chi connectivity index (χ1v) is 10.0. The summed E-state index contributed by atoms with van der Waals surface area (Å²) in [5, 5.41) is 0. The van der Waals surface area contributed by atoms with E-state index < -0.39 is 8.32 Å². The quantitative estimate of drug-likeness (QED) is 0.387. The van der Waals surface area contributed by atoms with Crippen molar-refractivity contribution in [2.45, 2.75) is 77.4 Å². The third-order valence-corrected chi connectivity index (χ3v) is 7.87. The molecular formula is C15H30O2Si. The lowest BCUT2D eigenvalue weighted by atomic mass is 10.4. The normalized spacial score (nSPS) is 11.3. The number of carbonyl (C=O) groups is 1. The third-order valence-electron chi connectivity index (χ3n) is 3.44. The summed E-state index contributed by atoms with van der Waals surface area (Å²) < 4.78 is 5.88. The molecule has 0 aliphatic rings. The van der Waals surface area contributed by atoms with Gasteiger partial charge in [0.15, 0.2) is 0 Å². The Labute approximate surface area is 114 Å². The first-order valence-electron chi connectivity index (χ1n) is 7.49. The van der Waals surface area contributed by atoms with E-state index in [4.69, 9.17) is 4.43 Å². The molecule has 2 nitrogen and oxygen atoms in total. The van der Waals surface area contributed by atoms with Crippen molar-refractivity contribution in [3.8, 4) is 0 Å². The summed E-state index contributed by atoms with van der Waals surface area (Å²) in [6.07, 6.45) is 8.42. The van der Waals surface area contributed by atoms with E-state index in [1.807, 2.05) is 0 Å². The molecule has 0 amide bonds. The predicted octanol–water partition coefficient (Wildman–Crippen LogP) is 5.06. The van der Waals surface area contributed by atoms with Gasteiger partial charge in [0.1, 0.15) is 0 Å². The fourth-order valence-corrected chi connectivity index (χ4v) is 6.84. The van der Waals surface area contributed by atoms with Gasteiger partial charge in [-0.15, -0.1) is 0 Å². The van der Waals surface area contributed by atoms with Gasteiger partial charge in [-0.25, -0.2) is 4.79 Å². The predicted molar refractivity (Wildman–Crippen MR) is 81.2 cm³/mol. The van der Waals surface area contributed by atoms with Gasteiger partial charge in [-0.1, -0.05) is 65.9 Å². The lowest BCUT2D eigenvalue weighted by Gasteiger charge is -2.30. The Morgan fingerprint density at radius 3 is 1.67 bits per heavy atom. The maximum atomic E-state index is 11.6. The van der Waals surface area contributed by atoms with Gasteiger partial charge < -0.3 is 4.43 Å². The third kappa shape index (κ3) is 6.99. The van der Waals surface area contributed by atoms with E-state index in [0.717, 1.165) is 18.1 Å². The second-order valence-electron chi connectivity index (χ2n) is 5.12. The van der Waals surface area contributed by atoms with Crippen LogP contribution >= 0.6 is 0 Å². The summed E-state index contributed by atoms with van der Waals surface area (Å²) in [5.74, 6) is -0.204. The Balaban J connectivity index is 4.71. The Morgan fingerprint density at radius 2 is 1.39 bits per heavy atom. The van der Waals surface area contributed by atoms with Gasteiger partial charge in [0, 0.05) is 6.08 Å². The van der Waals surface area contributed by atoms with Gasteiger partial charge in [0.25, 0.3) is 8.32 Å². The summed E-state index contributed by atoms with van der Waals surface area (Å²) in [6.45, 7) is 10.1. The summed E-state index contributed by atoms with van der Waals surface area (Å²) in [5.41, 5.74) is 0. The molecule has 0 aromatic carbocycles. The van der Waals surface area contributed by atoms with E-state index in [0.29, 0.717) is 0 Å². The summed E-state index contributed by atoms with van der Waals surface area (Å²) in [7, 11) is -1.86. The van der Waals surface area contributed by atoms with E-state index in [-0.39, 0.29) is 5.97 Å². The molecular weight excluding hydrogens is 240 g/mol. The molecule has 0 saturated carbocycles. The largest absolute Gasteiger partial charge is 0.516 e. The maximum absolute atomic E-state index is 11.6. The van der Waals surface area contributed by atoms with Crippen molar-refractivity contribution in [1.29, 1.82) is 0 Å². The van der Waals surface area contributed by atoms with Crippen LogP contribution in [-0.4, -0.2) is 14.3 Å². The molecule has 0 saturated heterocycles. The molecule has 0 spiro atoms. The van der Waals surface area contributed by atoms with Crippen molar-refractivity contribution in [3.63, 3.8) is 0 Å². The van der Waals surface area contributed by atoms with E-state index in [1.54, 1.807) is 0 Å². The molecule has 106 valence electrons. The first-order chi connectivity index (χ1) is 8.64. The molecule has 0 atom stereocenters. The van der Waals surface area contributed by atoms with Crippen LogP contribution in [0.4, 0.5) is 0 Å². The Morgan fingerprint density at radius 1 is 1.00 bits per heavy atom. The smallest absolute Gasteiger partial charge is 0.316 e. The molecule has 0 fully saturated rings. The second kappa shape index (κ2) is 10.4. The molecule has 0 bridgehead atoms. The average molecular weight is 270 g/mol. The highest BCUT2D eigenvalue weighted by molar-refractivity contribution is 6.75. The topological polar surface area (TPSA) is 26.3 Å². The Kier molecular flexibility index (Phi) is 10.0. The van der Waals surface area contributed by atoms with Crippen LogP contribution < -0.4 is 0 Å². The highest BCUT2D eigenvalue weighted by Crippen LogP contribution is 2.29. The minimum absolute atomic E-state index is 0.204. The van der Waals surface area contributed by atoms with Crippen LogP contribution in [0.25, 0.3) is 0 Å². The summed E-state index contributed by atoms with van der Waals surface area (Å²) in [4.78, 5) is 11.6. The number of hydrogen-bond acceptors (Lipinski definition) is 2. The summed E-state index contributed by atoms with van der Waals surface area (Å²) in [6, 6.07) is 3.38. The molecule has 0 aliphatic heterocycles. The monoisotopic (exact) mass is 270 g/mol. The SMILES string of the molecule is C=CC(=O)O[Si](CCCC)(CCCC)CCCC. The number of rotatable bonds is 11. The Bertz CT molecular complexity index is 217. The van der Waals surface area contributed by atoms with Gasteiger partial charge in [-0.2, -0.15) is 0 Å². The van der Waals surface area contributed by atoms with Crippen LogP contribution in [-0.2, 0) is 9.22 Å². The van der Waals surface area contributed by atoms with Crippen LogP contribution in [0.5, 0.6) is 0 Å². The highest BCUT2D eigenvalue weighted by Gasteiger charge is 2.36. The van der Waals surface area contributed by atoms with Crippen molar-refractivity contribution in [3.05, 3.63) is 12.7 Å². The molecule has 0 rings (SSSR count). The molecule has 18 heavy (non-hydrogen) atoms.